The van der Waals surface area contributed by atoms with Crippen LogP contribution in [0.3, 0.4) is 0 Å². The first kappa shape index (κ1) is 12.7. The molecule has 1 amide bonds. The summed E-state index contributed by atoms with van der Waals surface area (Å²) in [5.74, 6) is -0.567. The first-order valence-corrected chi connectivity index (χ1v) is 5.58. The number of rotatable bonds is 4. The lowest BCUT2D eigenvalue weighted by atomic mass is 10.2. The Labute approximate surface area is 107 Å². The number of hydrogen-bond acceptors (Lipinski definition) is 5. The van der Waals surface area contributed by atoms with Crippen LogP contribution >= 0.6 is 11.6 Å². The molecule has 1 aliphatic rings. The van der Waals surface area contributed by atoms with E-state index >= 15 is 0 Å². The number of pyridine rings is 1. The van der Waals surface area contributed by atoms with Crippen LogP contribution in [0.1, 0.15) is 23.2 Å². The molecule has 0 bridgehead atoms. The van der Waals surface area contributed by atoms with Crippen LogP contribution in [0, 0.1) is 10.1 Å². The third-order valence-electron chi connectivity index (χ3n) is 2.81. The van der Waals surface area contributed by atoms with Gasteiger partial charge in [-0.1, -0.05) is 11.6 Å². The Bertz CT molecular complexity index is 516. The Balaban J connectivity index is 2.24. The van der Waals surface area contributed by atoms with Crippen LogP contribution in [0.5, 0.6) is 0 Å². The summed E-state index contributed by atoms with van der Waals surface area (Å²) in [6, 6.07) is 1.07. The number of nitro groups is 1. The summed E-state index contributed by atoms with van der Waals surface area (Å²) < 4.78 is 0. The average molecular weight is 272 g/mol. The van der Waals surface area contributed by atoms with E-state index in [-0.39, 0.29) is 23.0 Å². The van der Waals surface area contributed by atoms with E-state index in [1.165, 1.54) is 0 Å². The first-order valence-electron chi connectivity index (χ1n) is 5.21. The Morgan fingerprint density at radius 1 is 1.67 bits per heavy atom. The van der Waals surface area contributed by atoms with Crippen LogP contribution in [0.15, 0.2) is 12.3 Å². The van der Waals surface area contributed by atoms with Crippen LogP contribution in [-0.2, 0) is 0 Å². The highest BCUT2D eigenvalue weighted by Crippen LogP contribution is 2.35. The van der Waals surface area contributed by atoms with E-state index in [0.29, 0.717) is 12.8 Å². The molecule has 1 aromatic rings. The SMILES string of the molecule is O=C(NC1(CO)CC1)c1cc([N+](=O)[O-])cnc1Cl. The highest BCUT2D eigenvalue weighted by atomic mass is 35.5. The number of hydrogen-bond donors (Lipinski definition) is 2. The second-order valence-corrected chi connectivity index (χ2v) is 4.54. The van der Waals surface area contributed by atoms with Gasteiger partial charge in [0.25, 0.3) is 11.6 Å². The molecule has 7 nitrogen and oxygen atoms in total. The third kappa shape index (κ3) is 2.41. The second kappa shape index (κ2) is 4.51. The summed E-state index contributed by atoms with van der Waals surface area (Å²) in [4.78, 5) is 25.4. The van der Waals surface area contributed by atoms with Gasteiger partial charge in [0.15, 0.2) is 0 Å². The number of carbonyl (C=O) groups is 1. The normalized spacial score (nSPS) is 16.1. The van der Waals surface area contributed by atoms with Crippen molar-refractivity contribution in [3.8, 4) is 0 Å². The van der Waals surface area contributed by atoms with Gasteiger partial charge in [-0.2, -0.15) is 0 Å². The molecule has 0 unspecified atom stereocenters. The zero-order valence-electron chi connectivity index (χ0n) is 9.22. The number of aliphatic hydroxyl groups excluding tert-OH is 1. The van der Waals surface area contributed by atoms with Crippen molar-refractivity contribution in [1.29, 1.82) is 0 Å². The standard InChI is InChI=1S/C10H10ClN3O4/c11-8-7(3-6(4-12-8)14(17)18)9(16)13-10(5-15)1-2-10/h3-4,15H,1-2,5H2,(H,13,16). The lowest BCUT2D eigenvalue weighted by molar-refractivity contribution is -0.385. The molecule has 0 radical (unpaired) electrons. The van der Waals surface area contributed by atoms with E-state index in [9.17, 15) is 14.9 Å². The summed E-state index contributed by atoms with van der Waals surface area (Å²) in [5, 5.41) is 22.2. The molecule has 18 heavy (non-hydrogen) atoms. The fraction of sp³-hybridized carbons (Fsp3) is 0.400. The molecule has 2 N–H and O–H groups in total. The van der Waals surface area contributed by atoms with E-state index in [1.54, 1.807) is 0 Å². The van der Waals surface area contributed by atoms with Crippen LogP contribution in [0.25, 0.3) is 0 Å². The maximum Gasteiger partial charge on any atom is 0.288 e. The topological polar surface area (TPSA) is 105 Å². The largest absolute Gasteiger partial charge is 0.394 e. The average Bonchev–Trinajstić information content (AvgIpc) is 3.09. The smallest absolute Gasteiger partial charge is 0.288 e. The number of amides is 1. The molecular weight excluding hydrogens is 262 g/mol. The van der Waals surface area contributed by atoms with Crippen molar-refractivity contribution in [2.45, 2.75) is 18.4 Å². The van der Waals surface area contributed by atoms with E-state index in [1.807, 2.05) is 0 Å². The van der Waals surface area contributed by atoms with Crippen molar-refractivity contribution in [1.82, 2.24) is 10.3 Å². The van der Waals surface area contributed by atoms with Gasteiger partial charge >= 0.3 is 0 Å². The quantitative estimate of drug-likeness (QED) is 0.481. The maximum absolute atomic E-state index is 11.9. The zero-order valence-corrected chi connectivity index (χ0v) is 9.98. The molecule has 8 heteroatoms. The molecule has 96 valence electrons. The third-order valence-corrected chi connectivity index (χ3v) is 3.12. The van der Waals surface area contributed by atoms with Gasteiger partial charge in [0.05, 0.1) is 22.6 Å². The minimum atomic E-state index is -0.654. The summed E-state index contributed by atoms with van der Waals surface area (Å²) in [6.07, 6.45) is 2.34. The molecule has 0 spiro atoms. The van der Waals surface area contributed by atoms with Gasteiger partial charge in [-0.3, -0.25) is 14.9 Å². The fourth-order valence-corrected chi connectivity index (χ4v) is 1.67. The van der Waals surface area contributed by atoms with Crippen molar-refractivity contribution >= 4 is 23.2 Å². The van der Waals surface area contributed by atoms with Crippen molar-refractivity contribution in [3.05, 3.63) is 33.1 Å². The van der Waals surface area contributed by atoms with E-state index < -0.39 is 16.4 Å². The molecular formula is C10H10ClN3O4. The van der Waals surface area contributed by atoms with Gasteiger partial charge in [0, 0.05) is 6.07 Å². The van der Waals surface area contributed by atoms with Crippen LogP contribution in [-0.4, -0.2) is 33.1 Å². The van der Waals surface area contributed by atoms with Gasteiger partial charge in [-0.15, -0.1) is 0 Å². The molecule has 1 saturated carbocycles. The summed E-state index contributed by atoms with van der Waals surface area (Å²) >= 11 is 5.73. The monoisotopic (exact) mass is 271 g/mol. The Hall–Kier alpha value is -1.73. The van der Waals surface area contributed by atoms with Gasteiger partial charge in [-0.05, 0) is 12.8 Å². The molecule has 0 aliphatic heterocycles. The van der Waals surface area contributed by atoms with Crippen molar-refractivity contribution in [2.75, 3.05) is 6.61 Å². The maximum atomic E-state index is 11.9. The molecule has 1 aliphatic carbocycles. The lowest BCUT2D eigenvalue weighted by Gasteiger charge is -2.14. The van der Waals surface area contributed by atoms with Crippen molar-refractivity contribution in [3.63, 3.8) is 0 Å². The molecule has 2 rings (SSSR count). The molecule has 1 aromatic heterocycles. The van der Waals surface area contributed by atoms with E-state index in [4.69, 9.17) is 16.7 Å². The Kier molecular flexibility index (Phi) is 3.18. The Morgan fingerprint density at radius 2 is 2.33 bits per heavy atom. The first-order chi connectivity index (χ1) is 8.47. The minimum Gasteiger partial charge on any atom is -0.394 e. The van der Waals surface area contributed by atoms with E-state index in [2.05, 4.69) is 10.3 Å². The number of carbonyl (C=O) groups excluding carboxylic acids is 1. The predicted octanol–water partition coefficient (Wildman–Crippen LogP) is 0.898. The van der Waals surface area contributed by atoms with Crippen molar-refractivity contribution < 1.29 is 14.8 Å². The summed E-state index contributed by atoms with van der Waals surface area (Å²) in [6.45, 7) is -0.168. The second-order valence-electron chi connectivity index (χ2n) is 4.18. The predicted molar refractivity (Wildman–Crippen MR) is 62.4 cm³/mol. The number of halogens is 1. The minimum absolute atomic E-state index is 0.0643. The van der Waals surface area contributed by atoms with Crippen LogP contribution < -0.4 is 5.32 Å². The number of nitrogens with zero attached hydrogens (tertiary/aromatic N) is 2. The van der Waals surface area contributed by atoms with Gasteiger partial charge in [0.2, 0.25) is 0 Å². The molecule has 1 heterocycles. The van der Waals surface area contributed by atoms with Crippen molar-refractivity contribution in [2.24, 2.45) is 0 Å². The molecule has 0 atom stereocenters. The fourth-order valence-electron chi connectivity index (χ4n) is 1.48. The molecule has 1 fully saturated rings. The molecule has 0 aromatic carbocycles. The summed E-state index contributed by atoms with van der Waals surface area (Å²) in [5.41, 5.74) is -0.977. The highest BCUT2D eigenvalue weighted by molar-refractivity contribution is 6.32. The number of nitrogens with one attached hydrogen (secondary N) is 1. The zero-order chi connectivity index (χ0) is 13.3. The van der Waals surface area contributed by atoms with Crippen LogP contribution in [0.2, 0.25) is 5.15 Å². The van der Waals surface area contributed by atoms with Gasteiger partial charge in [-0.25, -0.2) is 4.98 Å². The van der Waals surface area contributed by atoms with E-state index in [0.717, 1.165) is 12.3 Å². The lowest BCUT2D eigenvalue weighted by Crippen LogP contribution is -2.39. The van der Waals surface area contributed by atoms with Crippen LogP contribution in [0.4, 0.5) is 5.69 Å². The summed E-state index contributed by atoms with van der Waals surface area (Å²) in [7, 11) is 0. The van der Waals surface area contributed by atoms with Gasteiger partial charge < -0.3 is 10.4 Å². The number of aliphatic hydroxyl groups is 1. The Morgan fingerprint density at radius 3 is 2.83 bits per heavy atom. The van der Waals surface area contributed by atoms with Gasteiger partial charge in [0.1, 0.15) is 11.3 Å². The molecule has 0 saturated heterocycles. The highest BCUT2D eigenvalue weighted by Gasteiger charge is 2.43. The number of aromatic nitrogens is 1.